The summed E-state index contributed by atoms with van der Waals surface area (Å²) in [6.07, 6.45) is -0.849. The Bertz CT molecular complexity index is 650. The van der Waals surface area contributed by atoms with Gasteiger partial charge in [0, 0.05) is 12.0 Å². The molecule has 0 aliphatic carbocycles. The van der Waals surface area contributed by atoms with E-state index in [4.69, 9.17) is 16.3 Å². The van der Waals surface area contributed by atoms with Gasteiger partial charge in [-0.25, -0.2) is 4.98 Å². The van der Waals surface area contributed by atoms with Gasteiger partial charge in [-0.2, -0.15) is 13.2 Å². The normalized spacial score (nSPS) is 12.2. The maximum atomic E-state index is 12.5. The summed E-state index contributed by atoms with van der Waals surface area (Å²) in [6.45, 7) is 0.382. The van der Waals surface area contributed by atoms with Gasteiger partial charge in [-0.1, -0.05) is 18.2 Å². The van der Waals surface area contributed by atoms with Crippen molar-refractivity contribution in [1.82, 2.24) is 4.98 Å². The molecule has 2 nitrogen and oxygen atoms in total. The van der Waals surface area contributed by atoms with Gasteiger partial charge in [-0.05, 0) is 23.8 Å². The van der Waals surface area contributed by atoms with Crippen LogP contribution in [0, 0.1) is 0 Å². The summed E-state index contributed by atoms with van der Waals surface area (Å²) in [5, 5.41) is 0.739. The summed E-state index contributed by atoms with van der Waals surface area (Å²) >= 11 is 7.28. The average Bonchev–Trinajstić information content (AvgIpc) is 2.87. The van der Waals surface area contributed by atoms with Gasteiger partial charge in [-0.3, -0.25) is 0 Å². The Morgan fingerprint density at radius 2 is 1.91 bits per heavy atom. The van der Waals surface area contributed by atoms with Crippen molar-refractivity contribution in [2.75, 3.05) is 7.11 Å². The monoisotopic (exact) mass is 347 g/mol. The Balaban J connectivity index is 2.14. The largest absolute Gasteiger partial charge is 0.416 e. The molecule has 0 unspecified atom stereocenters. The van der Waals surface area contributed by atoms with Crippen LogP contribution in [0.1, 0.15) is 26.7 Å². The summed E-state index contributed by atoms with van der Waals surface area (Å²) < 4.78 is 42.5. The first kappa shape index (κ1) is 17.0. The standard InChI is InChI=1S/C15H13ClF3NOS/c1-21-9-12-13(8-16)22-14(20-12)7-4-10-2-5-11(6-3-10)15(17,18)19/h2-7H,8-9H2,1H3. The van der Waals surface area contributed by atoms with E-state index < -0.39 is 11.7 Å². The fourth-order valence-electron chi connectivity index (χ4n) is 1.78. The van der Waals surface area contributed by atoms with Crippen molar-refractivity contribution in [2.24, 2.45) is 0 Å². The van der Waals surface area contributed by atoms with Crippen LogP contribution < -0.4 is 0 Å². The minimum absolute atomic E-state index is 0.352. The van der Waals surface area contributed by atoms with E-state index in [2.05, 4.69) is 4.98 Å². The molecule has 0 saturated carbocycles. The van der Waals surface area contributed by atoms with Gasteiger partial charge >= 0.3 is 6.18 Å². The number of alkyl halides is 4. The van der Waals surface area contributed by atoms with Gasteiger partial charge in [0.1, 0.15) is 5.01 Å². The third kappa shape index (κ3) is 4.32. The van der Waals surface area contributed by atoms with Crippen LogP contribution in [-0.2, 0) is 23.4 Å². The molecule has 22 heavy (non-hydrogen) atoms. The molecule has 0 saturated heterocycles. The number of halogens is 4. The zero-order chi connectivity index (χ0) is 16.2. The lowest BCUT2D eigenvalue weighted by Crippen LogP contribution is -2.03. The lowest BCUT2D eigenvalue weighted by Gasteiger charge is -2.05. The lowest BCUT2D eigenvalue weighted by molar-refractivity contribution is -0.137. The van der Waals surface area contributed by atoms with Crippen LogP contribution in [0.4, 0.5) is 13.2 Å². The van der Waals surface area contributed by atoms with Crippen molar-refractivity contribution in [3.05, 3.63) is 51.0 Å². The molecule has 0 radical (unpaired) electrons. The third-order valence-corrected chi connectivity index (χ3v) is 4.34. The van der Waals surface area contributed by atoms with E-state index in [-0.39, 0.29) is 0 Å². The van der Waals surface area contributed by atoms with E-state index in [1.807, 2.05) is 0 Å². The van der Waals surface area contributed by atoms with Gasteiger partial charge in [0.25, 0.3) is 0 Å². The Morgan fingerprint density at radius 1 is 1.23 bits per heavy atom. The Hall–Kier alpha value is -1.37. The van der Waals surface area contributed by atoms with Crippen LogP contribution in [0.25, 0.3) is 12.2 Å². The van der Waals surface area contributed by atoms with Crippen molar-refractivity contribution in [3.8, 4) is 0 Å². The molecular weight excluding hydrogens is 335 g/mol. The van der Waals surface area contributed by atoms with E-state index in [0.717, 1.165) is 27.7 Å². The molecule has 2 rings (SSSR count). The highest BCUT2D eigenvalue weighted by molar-refractivity contribution is 7.12. The molecule has 2 aromatic rings. The number of aromatic nitrogens is 1. The topological polar surface area (TPSA) is 22.1 Å². The van der Waals surface area contributed by atoms with E-state index in [1.165, 1.54) is 23.5 Å². The van der Waals surface area contributed by atoms with Gasteiger partial charge in [0.2, 0.25) is 0 Å². The van der Waals surface area contributed by atoms with Gasteiger partial charge in [0.15, 0.2) is 0 Å². The van der Waals surface area contributed by atoms with E-state index >= 15 is 0 Å². The molecule has 1 aromatic carbocycles. The minimum atomic E-state index is -4.32. The first-order chi connectivity index (χ1) is 10.4. The summed E-state index contributed by atoms with van der Waals surface area (Å²) in [5.41, 5.74) is 0.796. The maximum absolute atomic E-state index is 12.5. The van der Waals surface area contributed by atoms with Crippen LogP contribution in [0.2, 0.25) is 0 Å². The number of hydrogen-bond donors (Lipinski definition) is 0. The van der Waals surface area contributed by atoms with E-state index in [1.54, 1.807) is 19.3 Å². The molecule has 0 atom stereocenters. The molecule has 0 fully saturated rings. The predicted octanol–water partition coefficient (Wildman–Crippen LogP) is 5.22. The zero-order valence-corrected chi connectivity index (χ0v) is 13.2. The number of hydrogen-bond acceptors (Lipinski definition) is 3. The summed E-state index contributed by atoms with van der Waals surface area (Å²) in [7, 11) is 1.58. The van der Waals surface area contributed by atoms with Crippen molar-refractivity contribution in [2.45, 2.75) is 18.7 Å². The number of thiazole rings is 1. The Labute approximate surface area is 135 Å². The molecular formula is C15H13ClF3NOS. The second-order valence-electron chi connectivity index (χ2n) is 4.44. The zero-order valence-electron chi connectivity index (χ0n) is 11.7. The second-order valence-corrected chi connectivity index (χ2v) is 5.82. The highest BCUT2D eigenvalue weighted by Gasteiger charge is 2.29. The Morgan fingerprint density at radius 3 is 2.45 bits per heavy atom. The predicted molar refractivity (Wildman–Crippen MR) is 82.8 cm³/mol. The maximum Gasteiger partial charge on any atom is 0.416 e. The van der Waals surface area contributed by atoms with E-state index in [9.17, 15) is 13.2 Å². The molecule has 1 aromatic heterocycles. The van der Waals surface area contributed by atoms with Crippen molar-refractivity contribution in [3.63, 3.8) is 0 Å². The van der Waals surface area contributed by atoms with Crippen LogP contribution in [0.5, 0.6) is 0 Å². The molecule has 0 aliphatic rings. The molecule has 7 heteroatoms. The minimum Gasteiger partial charge on any atom is -0.378 e. The molecule has 118 valence electrons. The average molecular weight is 348 g/mol. The van der Waals surface area contributed by atoms with Gasteiger partial charge < -0.3 is 4.74 Å². The van der Waals surface area contributed by atoms with E-state index in [0.29, 0.717) is 18.1 Å². The molecule has 0 aliphatic heterocycles. The Kier molecular flexibility index (Phi) is 5.61. The number of methoxy groups -OCH3 is 1. The lowest BCUT2D eigenvalue weighted by atomic mass is 10.1. The van der Waals surface area contributed by atoms with Crippen molar-refractivity contribution in [1.29, 1.82) is 0 Å². The molecule has 0 amide bonds. The molecule has 0 N–H and O–H groups in total. The van der Waals surface area contributed by atoms with Gasteiger partial charge in [0.05, 0.1) is 23.7 Å². The van der Waals surface area contributed by atoms with Gasteiger partial charge in [-0.15, -0.1) is 22.9 Å². The summed E-state index contributed by atoms with van der Waals surface area (Å²) in [5.74, 6) is 0.352. The summed E-state index contributed by atoms with van der Waals surface area (Å²) in [4.78, 5) is 5.31. The first-order valence-corrected chi connectivity index (χ1v) is 7.68. The van der Waals surface area contributed by atoms with Crippen molar-refractivity contribution >= 4 is 35.1 Å². The number of rotatable bonds is 5. The molecule has 0 spiro atoms. The highest BCUT2D eigenvalue weighted by Crippen LogP contribution is 2.29. The smallest absolute Gasteiger partial charge is 0.378 e. The van der Waals surface area contributed by atoms with Crippen LogP contribution >= 0.6 is 22.9 Å². The first-order valence-electron chi connectivity index (χ1n) is 6.33. The third-order valence-electron chi connectivity index (χ3n) is 2.85. The fraction of sp³-hybridized carbons (Fsp3) is 0.267. The second kappa shape index (κ2) is 7.26. The number of ether oxygens (including phenoxy) is 1. The molecule has 0 bridgehead atoms. The molecule has 1 heterocycles. The van der Waals surface area contributed by atoms with Crippen molar-refractivity contribution < 1.29 is 17.9 Å². The van der Waals surface area contributed by atoms with Crippen LogP contribution in [0.15, 0.2) is 24.3 Å². The number of benzene rings is 1. The van der Waals surface area contributed by atoms with Crippen LogP contribution in [-0.4, -0.2) is 12.1 Å². The quantitative estimate of drug-likeness (QED) is 0.692. The number of nitrogens with zero attached hydrogens (tertiary/aromatic N) is 1. The SMILES string of the molecule is COCc1nc(C=Cc2ccc(C(F)(F)F)cc2)sc1CCl. The summed E-state index contributed by atoms with van der Waals surface area (Å²) in [6, 6.07) is 4.96. The highest BCUT2D eigenvalue weighted by atomic mass is 35.5. The van der Waals surface area contributed by atoms with Crippen LogP contribution in [0.3, 0.4) is 0 Å². The fourth-order valence-corrected chi connectivity index (χ4v) is 2.92.